The minimum absolute atomic E-state index is 0.0291. The van der Waals surface area contributed by atoms with E-state index in [0.717, 1.165) is 43.4 Å². The molecule has 0 aromatic carbocycles. The standard InChI is InChI=1S/C20H26O3/c1-17-7-8-20(22)11-19(20,3)14(17)4-6-18(2)15(17)10-13(21)12-5-9-23-16(12)18/h5,9,14-15,22H,4,6-8,10-11H2,1-3H3/t14-,15-,17+,18-,19+,20-/m1/s1. The van der Waals surface area contributed by atoms with E-state index in [0.29, 0.717) is 18.3 Å². The molecule has 1 heterocycles. The molecule has 1 aromatic heterocycles. The van der Waals surface area contributed by atoms with Crippen LogP contribution in [-0.2, 0) is 5.41 Å². The third-order valence-electron chi connectivity index (χ3n) is 8.63. The quantitative estimate of drug-likeness (QED) is 0.784. The van der Waals surface area contributed by atoms with Crippen LogP contribution in [-0.4, -0.2) is 16.5 Å². The average Bonchev–Trinajstić information content (AvgIpc) is 2.88. The number of hydrogen-bond donors (Lipinski definition) is 1. The maximum absolute atomic E-state index is 12.7. The first-order chi connectivity index (χ1) is 10.7. The molecule has 4 aliphatic rings. The molecule has 0 radical (unpaired) electrons. The lowest BCUT2D eigenvalue weighted by atomic mass is 9.43. The van der Waals surface area contributed by atoms with E-state index in [9.17, 15) is 9.90 Å². The third-order valence-corrected chi connectivity index (χ3v) is 8.63. The van der Waals surface area contributed by atoms with Gasteiger partial charge >= 0.3 is 0 Å². The zero-order chi connectivity index (χ0) is 16.3. The van der Waals surface area contributed by atoms with E-state index in [1.165, 1.54) is 0 Å². The number of furan rings is 1. The number of carbonyl (C=O) groups excluding carboxylic acids is 1. The third kappa shape index (κ3) is 1.41. The second-order valence-electron chi connectivity index (χ2n) is 9.48. The first-order valence-electron chi connectivity index (χ1n) is 9.08. The highest BCUT2D eigenvalue weighted by Gasteiger charge is 2.75. The van der Waals surface area contributed by atoms with Crippen molar-refractivity contribution in [3.63, 3.8) is 0 Å². The zero-order valence-corrected chi connectivity index (χ0v) is 14.3. The van der Waals surface area contributed by atoms with Gasteiger partial charge in [0.05, 0.1) is 17.4 Å². The summed E-state index contributed by atoms with van der Waals surface area (Å²) in [5.41, 5.74) is 0.548. The summed E-state index contributed by atoms with van der Waals surface area (Å²) in [6.45, 7) is 6.98. The SMILES string of the molecule is C[C@]12CC[C@@]3(O)C[C@@]3(C)[C@@H]1CC[C@@]1(C)c3occc3C(=O)C[C@H]21. The van der Waals surface area contributed by atoms with Crippen LogP contribution in [0.1, 0.15) is 75.4 Å². The first-order valence-corrected chi connectivity index (χ1v) is 9.08. The Morgan fingerprint density at radius 3 is 2.74 bits per heavy atom. The van der Waals surface area contributed by atoms with Gasteiger partial charge in [-0.2, -0.15) is 0 Å². The number of carbonyl (C=O) groups is 1. The van der Waals surface area contributed by atoms with Crippen molar-refractivity contribution in [2.24, 2.45) is 22.7 Å². The van der Waals surface area contributed by atoms with E-state index in [4.69, 9.17) is 4.42 Å². The summed E-state index contributed by atoms with van der Waals surface area (Å²) in [6.07, 6.45) is 7.41. The summed E-state index contributed by atoms with van der Waals surface area (Å²) in [6, 6.07) is 1.86. The number of rotatable bonds is 0. The molecule has 0 bridgehead atoms. The van der Waals surface area contributed by atoms with Gasteiger partial charge in [-0.25, -0.2) is 0 Å². The van der Waals surface area contributed by atoms with Gasteiger partial charge in [0.15, 0.2) is 5.78 Å². The molecule has 23 heavy (non-hydrogen) atoms. The van der Waals surface area contributed by atoms with Crippen molar-refractivity contribution in [3.05, 3.63) is 23.7 Å². The van der Waals surface area contributed by atoms with Crippen LogP contribution < -0.4 is 0 Å². The summed E-state index contributed by atoms with van der Waals surface area (Å²) < 4.78 is 5.84. The Labute approximate surface area is 137 Å². The van der Waals surface area contributed by atoms with Crippen LogP contribution in [0.2, 0.25) is 0 Å². The van der Waals surface area contributed by atoms with Gasteiger partial charge in [0, 0.05) is 17.3 Å². The molecule has 124 valence electrons. The van der Waals surface area contributed by atoms with E-state index in [2.05, 4.69) is 20.8 Å². The Balaban J connectivity index is 1.64. The van der Waals surface area contributed by atoms with Gasteiger partial charge in [-0.15, -0.1) is 0 Å². The van der Waals surface area contributed by atoms with E-state index in [-0.39, 0.29) is 22.0 Å². The van der Waals surface area contributed by atoms with Crippen LogP contribution in [0.3, 0.4) is 0 Å². The summed E-state index contributed by atoms with van der Waals surface area (Å²) in [5, 5.41) is 10.8. The van der Waals surface area contributed by atoms with Crippen molar-refractivity contribution in [2.45, 2.75) is 70.3 Å². The number of aliphatic hydroxyl groups is 1. The lowest BCUT2D eigenvalue weighted by molar-refractivity contribution is -0.116. The second kappa shape index (κ2) is 3.77. The molecule has 3 saturated carbocycles. The minimum Gasteiger partial charge on any atom is -0.468 e. The number of hydrogen-bond acceptors (Lipinski definition) is 3. The van der Waals surface area contributed by atoms with Gasteiger partial charge in [-0.3, -0.25) is 4.79 Å². The highest BCUT2D eigenvalue weighted by Crippen LogP contribution is 2.76. The Hall–Kier alpha value is -1.09. The van der Waals surface area contributed by atoms with Crippen LogP contribution in [0, 0.1) is 22.7 Å². The molecule has 4 aliphatic carbocycles. The second-order valence-corrected chi connectivity index (χ2v) is 9.48. The topological polar surface area (TPSA) is 50.4 Å². The van der Waals surface area contributed by atoms with Crippen LogP contribution in [0.15, 0.2) is 16.7 Å². The Kier molecular flexibility index (Phi) is 2.34. The highest BCUT2D eigenvalue weighted by molar-refractivity contribution is 5.99. The van der Waals surface area contributed by atoms with Crippen LogP contribution >= 0.6 is 0 Å². The fourth-order valence-corrected chi connectivity index (χ4v) is 7.17. The smallest absolute Gasteiger partial charge is 0.166 e. The average molecular weight is 314 g/mol. The maximum atomic E-state index is 12.7. The Morgan fingerprint density at radius 2 is 1.96 bits per heavy atom. The van der Waals surface area contributed by atoms with Gasteiger partial charge in [0.2, 0.25) is 0 Å². The van der Waals surface area contributed by atoms with Crippen molar-refractivity contribution in [2.75, 3.05) is 0 Å². The molecule has 0 aliphatic heterocycles. The van der Waals surface area contributed by atoms with Crippen LogP contribution in [0.4, 0.5) is 0 Å². The predicted octanol–water partition coefficient (Wildman–Crippen LogP) is 4.09. The molecule has 0 saturated heterocycles. The molecular formula is C20H26O3. The molecule has 0 amide bonds. The van der Waals surface area contributed by atoms with Gasteiger partial charge in [0.1, 0.15) is 5.76 Å². The van der Waals surface area contributed by atoms with Crippen molar-refractivity contribution in [3.8, 4) is 0 Å². The largest absolute Gasteiger partial charge is 0.468 e. The fraction of sp³-hybridized carbons (Fsp3) is 0.750. The molecular weight excluding hydrogens is 288 g/mol. The molecule has 5 rings (SSSR count). The summed E-state index contributed by atoms with van der Waals surface area (Å²) >= 11 is 0. The number of fused-ring (bicyclic) bond motifs is 7. The maximum Gasteiger partial charge on any atom is 0.166 e. The predicted molar refractivity (Wildman–Crippen MR) is 86.2 cm³/mol. The summed E-state index contributed by atoms with van der Waals surface area (Å²) in [5.74, 6) is 2.04. The van der Waals surface area contributed by atoms with Crippen molar-refractivity contribution in [1.82, 2.24) is 0 Å². The molecule has 3 heteroatoms. The van der Waals surface area contributed by atoms with Gasteiger partial charge in [-0.1, -0.05) is 20.8 Å². The molecule has 0 spiro atoms. The highest BCUT2D eigenvalue weighted by atomic mass is 16.3. The molecule has 1 aromatic rings. The van der Waals surface area contributed by atoms with E-state index < -0.39 is 5.60 Å². The summed E-state index contributed by atoms with van der Waals surface area (Å²) in [7, 11) is 0. The molecule has 3 nitrogen and oxygen atoms in total. The van der Waals surface area contributed by atoms with Gasteiger partial charge < -0.3 is 9.52 Å². The zero-order valence-electron chi connectivity index (χ0n) is 14.3. The normalized spacial score (nSPS) is 53.8. The number of Topliss-reactive ketones (excluding diaryl/α,β-unsaturated/α-hetero) is 1. The molecule has 1 N–H and O–H groups in total. The molecule has 6 atom stereocenters. The van der Waals surface area contributed by atoms with Crippen molar-refractivity contribution >= 4 is 5.78 Å². The first kappa shape index (κ1) is 14.3. The lowest BCUT2D eigenvalue weighted by Gasteiger charge is -2.61. The monoisotopic (exact) mass is 314 g/mol. The van der Waals surface area contributed by atoms with Crippen LogP contribution in [0.5, 0.6) is 0 Å². The minimum atomic E-state index is -0.431. The molecule has 3 fully saturated rings. The van der Waals surface area contributed by atoms with Gasteiger partial charge in [-0.05, 0) is 55.4 Å². The number of ketones is 1. The Bertz CT molecular complexity index is 720. The molecule has 0 unspecified atom stereocenters. The summed E-state index contributed by atoms with van der Waals surface area (Å²) in [4.78, 5) is 12.7. The van der Waals surface area contributed by atoms with Crippen LogP contribution in [0.25, 0.3) is 0 Å². The van der Waals surface area contributed by atoms with Crippen molar-refractivity contribution in [1.29, 1.82) is 0 Å². The van der Waals surface area contributed by atoms with Gasteiger partial charge in [0.25, 0.3) is 0 Å². The van der Waals surface area contributed by atoms with E-state index >= 15 is 0 Å². The lowest BCUT2D eigenvalue weighted by Crippen LogP contribution is -2.58. The van der Waals surface area contributed by atoms with E-state index in [1.807, 2.05) is 6.07 Å². The van der Waals surface area contributed by atoms with Crippen molar-refractivity contribution < 1.29 is 14.3 Å². The Morgan fingerprint density at radius 1 is 1.17 bits per heavy atom. The fourth-order valence-electron chi connectivity index (χ4n) is 7.17. The van der Waals surface area contributed by atoms with E-state index in [1.54, 1.807) is 6.26 Å².